The molecule has 0 amide bonds. The number of allylic oxidation sites excluding steroid dienone is 2. The van der Waals surface area contributed by atoms with Crippen LogP contribution in [-0.4, -0.2) is 18.0 Å². The van der Waals surface area contributed by atoms with Crippen LogP contribution in [0.2, 0.25) is 0 Å². The van der Waals surface area contributed by atoms with Gasteiger partial charge in [-0.1, -0.05) is 31.1 Å². The molecule has 1 aliphatic heterocycles. The molecule has 0 saturated carbocycles. The molecule has 27 heavy (non-hydrogen) atoms. The number of carbonyl (C=O) groups excluding carboxylic acids is 1. The van der Waals surface area contributed by atoms with E-state index in [0.29, 0.717) is 18.2 Å². The monoisotopic (exact) mass is 366 g/mol. The fraction of sp³-hybridized carbons (Fsp3) is 0.455. The zero-order valence-electron chi connectivity index (χ0n) is 16.3. The fourth-order valence-electron chi connectivity index (χ4n) is 4.43. The minimum atomic E-state index is 0.0758. The highest BCUT2D eigenvalue weighted by atomic mass is 16.5. The number of nitrogens with one attached hydrogen (secondary N) is 1. The third-order valence-electron chi connectivity index (χ3n) is 5.67. The molecule has 2 aromatic rings. The van der Waals surface area contributed by atoms with Crippen molar-refractivity contribution in [3.63, 3.8) is 0 Å². The molecule has 0 unspecified atom stereocenters. The van der Waals surface area contributed by atoms with Crippen LogP contribution in [0.5, 0.6) is 5.75 Å². The summed E-state index contributed by atoms with van der Waals surface area (Å²) >= 11 is 0. The van der Waals surface area contributed by atoms with E-state index in [4.69, 9.17) is 9.26 Å². The number of nitrogens with zero attached hydrogens (tertiary/aromatic N) is 1. The smallest absolute Gasteiger partial charge is 0.232 e. The summed E-state index contributed by atoms with van der Waals surface area (Å²) in [6.07, 6.45) is 2.27. The third kappa shape index (κ3) is 3.15. The Kier molecular flexibility index (Phi) is 4.54. The molecule has 0 saturated heterocycles. The van der Waals surface area contributed by atoms with Crippen LogP contribution >= 0.6 is 0 Å². The van der Waals surface area contributed by atoms with E-state index >= 15 is 0 Å². The molecule has 0 radical (unpaired) electrons. The van der Waals surface area contributed by atoms with E-state index in [1.54, 1.807) is 7.11 Å². The van der Waals surface area contributed by atoms with Crippen molar-refractivity contribution in [3.05, 3.63) is 52.4 Å². The molecule has 0 bridgehead atoms. The Hall–Kier alpha value is -2.56. The van der Waals surface area contributed by atoms with Gasteiger partial charge in [0.05, 0.1) is 12.8 Å². The average Bonchev–Trinajstić information content (AvgIpc) is 3.01. The molecule has 5 nitrogen and oxygen atoms in total. The highest BCUT2D eigenvalue weighted by Crippen LogP contribution is 2.48. The molecule has 0 fully saturated rings. The first-order valence-corrected chi connectivity index (χ1v) is 9.61. The molecular weight excluding hydrogens is 340 g/mol. The predicted octanol–water partition coefficient (Wildman–Crippen LogP) is 4.95. The van der Waals surface area contributed by atoms with E-state index in [-0.39, 0.29) is 17.6 Å². The number of rotatable bonds is 4. The van der Waals surface area contributed by atoms with Crippen LogP contribution in [0.1, 0.15) is 61.8 Å². The van der Waals surface area contributed by atoms with Crippen molar-refractivity contribution in [3.8, 4) is 5.75 Å². The molecule has 4 rings (SSSR count). The van der Waals surface area contributed by atoms with Gasteiger partial charge >= 0.3 is 0 Å². The van der Waals surface area contributed by atoms with Crippen molar-refractivity contribution in [1.82, 2.24) is 5.16 Å². The van der Waals surface area contributed by atoms with Gasteiger partial charge in [0.25, 0.3) is 0 Å². The number of fused-ring (bicyclic) bond motifs is 1. The normalized spacial score (nSPS) is 21.7. The van der Waals surface area contributed by atoms with Crippen molar-refractivity contribution in [2.24, 2.45) is 5.92 Å². The summed E-state index contributed by atoms with van der Waals surface area (Å²) < 4.78 is 10.8. The zero-order valence-corrected chi connectivity index (χ0v) is 16.3. The molecule has 1 N–H and O–H groups in total. The predicted molar refractivity (Wildman–Crippen MR) is 104 cm³/mol. The van der Waals surface area contributed by atoms with Crippen molar-refractivity contribution in [2.45, 2.75) is 51.9 Å². The molecule has 142 valence electrons. The van der Waals surface area contributed by atoms with Crippen molar-refractivity contribution in [2.75, 3.05) is 12.4 Å². The molecule has 2 atom stereocenters. The number of aryl methyl sites for hydroxylation is 1. The Labute approximate surface area is 159 Å². The van der Waals surface area contributed by atoms with Crippen LogP contribution in [0.4, 0.5) is 5.88 Å². The minimum Gasteiger partial charge on any atom is -0.497 e. The summed E-state index contributed by atoms with van der Waals surface area (Å²) in [6.45, 7) is 6.34. The van der Waals surface area contributed by atoms with Gasteiger partial charge in [-0.05, 0) is 49.3 Å². The topological polar surface area (TPSA) is 64.4 Å². The Morgan fingerprint density at radius 1 is 1.26 bits per heavy atom. The van der Waals surface area contributed by atoms with E-state index < -0.39 is 0 Å². The standard InChI is InChI=1S/C22H26N2O3/c1-12(2)9-17-20-13(3)24-27-22(20)23-18-10-15(11-19(25)21(17)18)14-5-7-16(26-4)8-6-14/h5-8,12,15,17,23H,9-11H2,1-4H3/t15-,17-/m0/s1. The van der Waals surface area contributed by atoms with Crippen molar-refractivity contribution >= 4 is 11.7 Å². The summed E-state index contributed by atoms with van der Waals surface area (Å²) in [6, 6.07) is 8.02. The van der Waals surface area contributed by atoms with Gasteiger partial charge in [-0.15, -0.1) is 0 Å². The van der Waals surface area contributed by atoms with Crippen LogP contribution in [0.3, 0.4) is 0 Å². The van der Waals surface area contributed by atoms with Crippen LogP contribution in [0, 0.1) is 12.8 Å². The molecule has 1 aromatic heterocycles. The Bertz CT molecular complexity index is 893. The van der Waals surface area contributed by atoms with Gasteiger partial charge in [0.2, 0.25) is 5.88 Å². The van der Waals surface area contributed by atoms with E-state index in [1.807, 2.05) is 19.1 Å². The Balaban J connectivity index is 1.69. The number of aromatic nitrogens is 1. The third-order valence-corrected chi connectivity index (χ3v) is 5.67. The maximum absolute atomic E-state index is 13.2. The number of anilines is 1. The van der Waals surface area contributed by atoms with Crippen LogP contribution in [-0.2, 0) is 4.79 Å². The maximum Gasteiger partial charge on any atom is 0.232 e. The lowest BCUT2D eigenvalue weighted by Crippen LogP contribution is -2.29. The number of ether oxygens (including phenoxy) is 1. The number of benzene rings is 1. The van der Waals surface area contributed by atoms with E-state index in [0.717, 1.165) is 46.7 Å². The zero-order chi connectivity index (χ0) is 19.1. The maximum atomic E-state index is 13.2. The average molecular weight is 366 g/mol. The highest BCUT2D eigenvalue weighted by molar-refractivity contribution is 6.00. The number of hydrogen-bond acceptors (Lipinski definition) is 5. The molecule has 2 heterocycles. The summed E-state index contributed by atoms with van der Waals surface area (Å²) in [5, 5.41) is 7.53. The molecule has 5 heteroatoms. The van der Waals surface area contributed by atoms with Gasteiger partial charge in [-0.2, -0.15) is 0 Å². The molecule has 0 spiro atoms. The number of carbonyl (C=O) groups is 1. The van der Waals surface area contributed by atoms with Crippen LogP contribution in [0.25, 0.3) is 0 Å². The fourth-order valence-corrected chi connectivity index (χ4v) is 4.43. The van der Waals surface area contributed by atoms with E-state index in [1.165, 1.54) is 0 Å². The molecular formula is C22H26N2O3. The number of hydrogen-bond donors (Lipinski definition) is 1. The van der Waals surface area contributed by atoms with E-state index in [2.05, 4.69) is 36.5 Å². The lowest BCUT2D eigenvalue weighted by Gasteiger charge is -2.35. The summed E-state index contributed by atoms with van der Waals surface area (Å²) in [5.41, 5.74) is 5.03. The first-order valence-electron chi connectivity index (χ1n) is 9.61. The van der Waals surface area contributed by atoms with Gasteiger partial charge in [0.1, 0.15) is 5.75 Å². The number of methoxy groups -OCH3 is 1. The summed E-state index contributed by atoms with van der Waals surface area (Å²) in [4.78, 5) is 13.2. The largest absolute Gasteiger partial charge is 0.497 e. The minimum absolute atomic E-state index is 0.0758. The second-order valence-corrected chi connectivity index (χ2v) is 8.01. The summed E-state index contributed by atoms with van der Waals surface area (Å²) in [5.74, 6) is 2.50. The first kappa shape index (κ1) is 17.8. The second-order valence-electron chi connectivity index (χ2n) is 8.01. The van der Waals surface area contributed by atoms with Crippen LogP contribution in [0.15, 0.2) is 40.1 Å². The van der Waals surface area contributed by atoms with Gasteiger partial charge in [0.15, 0.2) is 5.78 Å². The first-order chi connectivity index (χ1) is 13.0. The Morgan fingerprint density at radius 2 is 2.00 bits per heavy atom. The molecule has 1 aliphatic carbocycles. The van der Waals surface area contributed by atoms with Gasteiger partial charge in [-0.3, -0.25) is 4.79 Å². The van der Waals surface area contributed by atoms with Gasteiger partial charge in [-0.25, -0.2) is 0 Å². The molecule has 1 aromatic carbocycles. The summed E-state index contributed by atoms with van der Waals surface area (Å²) in [7, 11) is 1.66. The lowest BCUT2D eigenvalue weighted by molar-refractivity contribution is -0.116. The van der Waals surface area contributed by atoms with Crippen LogP contribution < -0.4 is 10.1 Å². The highest BCUT2D eigenvalue weighted by Gasteiger charge is 2.40. The molecule has 2 aliphatic rings. The quantitative estimate of drug-likeness (QED) is 0.829. The SMILES string of the molecule is COc1ccc([C@@H]2CC(=O)C3=C(C2)Nc2onc(C)c2[C@@H]3CC(C)C)cc1. The lowest BCUT2D eigenvalue weighted by atomic mass is 9.72. The van der Waals surface area contributed by atoms with Crippen molar-refractivity contribution in [1.29, 1.82) is 0 Å². The van der Waals surface area contributed by atoms with Gasteiger partial charge in [0, 0.05) is 29.2 Å². The van der Waals surface area contributed by atoms with Crippen molar-refractivity contribution < 1.29 is 14.1 Å². The second kappa shape index (κ2) is 6.87. The van der Waals surface area contributed by atoms with E-state index in [9.17, 15) is 4.79 Å². The number of Topliss-reactive ketones (excluding diaryl/α,β-unsaturated/α-hetero) is 1. The Morgan fingerprint density at radius 3 is 2.67 bits per heavy atom. The number of ketones is 1. The van der Waals surface area contributed by atoms with Gasteiger partial charge < -0.3 is 14.6 Å².